The molecule has 0 aromatic carbocycles. The summed E-state index contributed by atoms with van der Waals surface area (Å²) in [6, 6.07) is 1.53. The Morgan fingerprint density at radius 1 is 1.45 bits per heavy atom. The van der Waals surface area contributed by atoms with Crippen molar-refractivity contribution in [3.63, 3.8) is 0 Å². The molecule has 0 saturated carbocycles. The van der Waals surface area contributed by atoms with E-state index in [-0.39, 0.29) is 12.3 Å². The summed E-state index contributed by atoms with van der Waals surface area (Å²) in [6.07, 6.45) is 1.48. The molecule has 0 aliphatic carbocycles. The van der Waals surface area contributed by atoms with Gasteiger partial charge in [-0.3, -0.25) is 9.59 Å². The topological polar surface area (TPSA) is 97.1 Å². The first-order valence-corrected chi connectivity index (χ1v) is 6.63. The summed E-state index contributed by atoms with van der Waals surface area (Å²) < 4.78 is 0. The molecule has 0 aliphatic rings. The lowest BCUT2D eigenvalue weighted by Gasteiger charge is -2.24. The van der Waals surface area contributed by atoms with Crippen LogP contribution in [0.2, 0.25) is 5.02 Å². The van der Waals surface area contributed by atoms with Gasteiger partial charge in [-0.05, 0) is 26.8 Å². The van der Waals surface area contributed by atoms with E-state index < -0.39 is 11.4 Å². The van der Waals surface area contributed by atoms with Gasteiger partial charge in [0.2, 0.25) is 5.91 Å². The number of nitrogens with two attached hydrogens (primary N) is 1. The van der Waals surface area contributed by atoms with Gasteiger partial charge in [0.25, 0.3) is 5.91 Å². The van der Waals surface area contributed by atoms with Gasteiger partial charge in [-0.2, -0.15) is 0 Å². The summed E-state index contributed by atoms with van der Waals surface area (Å²) >= 11 is 6.03. The van der Waals surface area contributed by atoms with E-state index in [1.165, 1.54) is 12.3 Å². The zero-order chi connectivity index (χ0) is 15.3. The Hall–Kier alpha value is -1.82. The molecule has 6 nitrogen and oxygen atoms in total. The number of rotatable bonds is 6. The number of nitrogens with zero attached hydrogens (tertiary/aromatic N) is 1. The van der Waals surface area contributed by atoms with E-state index in [0.717, 1.165) is 0 Å². The lowest BCUT2D eigenvalue weighted by Crippen LogP contribution is -2.46. The summed E-state index contributed by atoms with van der Waals surface area (Å²) in [6.45, 7) is 6.05. The highest BCUT2D eigenvalue weighted by Crippen LogP contribution is 2.20. The van der Waals surface area contributed by atoms with Crippen LogP contribution in [0.1, 0.15) is 37.6 Å². The Kier molecular flexibility index (Phi) is 5.33. The molecule has 0 aliphatic heterocycles. The number of hydrogen-bond donors (Lipinski definition) is 3. The highest BCUT2D eigenvalue weighted by Gasteiger charge is 2.24. The number of carbonyl (C=O) groups is 2. The van der Waals surface area contributed by atoms with Crippen LogP contribution in [0.5, 0.6) is 0 Å². The molecule has 0 spiro atoms. The molecule has 0 atom stereocenters. The van der Waals surface area contributed by atoms with Gasteiger partial charge in [-0.1, -0.05) is 11.6 Å². The van der Waals surface area contributed by atoms with Crippen molar-refractivity contribution in [1.29, 1.82) is 0 Å². The highest BCUT2D eigenvalue weighted by molar-refractivity contribution is 6.33. The molecule has 0 saturated heterocycles. The van der Waals surface area contributed by atoms with Crippen LogP contribution in [0.25, 0.3) is 0 Å². The number of hydrogen-bond acceptors (Lipinski definition) is 4. The fourth-order valence-electron chi connectivity index (χ4n) is 1.72. The third kappa shape index (κ3) is 4.70. The average molecular weight is 299 g/mol. The second-order valence-electron chi connectivity index (χ2n) is 5.07. The van der Waals surface area contributed by atoms with E-state index in [0.29, 0.717) is 22.9 Å². The standard InChI is InChI=1S/C13H19ClN4O2/c1-4-16-11-9(14)5-8(7-17-11)12(20)18-13(2,3)6-10(15)19/h5,7H,4,6H2,1-3H3,(H2,15,19)(H,16,17)(H,18,20). The quantitative estimate of drug-likeness (QED) is 0.742. The predicted molar refractivity (Wildman–Crippen MR) is 78.8 cm³/mol. The maximum absolute atomic E-state index is 12.1. The van der Waals surface area contributed by atoms with Crippen LogP contribution in [-0.2, 0) is 4.79 Å². The Balaban J connectivity index is 2.82. The van der Waals surface area contributed by atoms with Gasteiger partial charge in [-0.15, -0.1) is 0 Å². The number of carbonyl (C=O) groups excluding carboxylic acids is 2. The maximum atomic E-state index is 12.1. The zero-order valence-electron chi connectivity index (χ0n) is 11.8. The Morgan fingerprint density at radius 3 is 2.60 bits per heavy atom. The van der Waals surface area contributed by atoms with Gasteiger partial charge in [0, 0.05) is 24.7 Å². The molecule has 2 amide bonds. The van der Waals surface area contributed by atoms with E-state index in [4.69, 9.17) is 17.3 Å². The van der Waals surface area contributed by atoms with Gasteiger partial charge in [0.1, 0.15) is 5.82 Å². The predicted octanol–water partition coefficient (Wildman–Crippen LogP) is 1.55. The molecular weight excluding hydrogens is 280 g/mol. The van der Waals surface area contributed by atoms with E-state index in [1.807, 2.05) is 6.92 Å². The number of primary amides is 1. The van der Waals surface area contributed by atoms with Crippen LogP contribution in [0, 0.1) is 0 Å². The van der Waals surface area contributed by atoms with Gasteiger partial charge in [-0.25, -0.2) is 4.98 Å². The fraction of sp³-hybridized carbons (Fsp3) is 0.462. The summed E-state index contributed by atoms with van der Waals surface area (Å²) in [7, 11) is 0. The first-order valence-electron chi connectivity index (χ1n) is 6.25. The highest BCUT2D eigenvalue weighted by atomic mass is 35.5. The zero-order valence-corrected chi connectivity index (χ0v) is 12.5. The van der Waals surface area contributed by atoms with Crippen LogP contribution in [0.3, 0.4) is 0 Å². The van der Waals surface area contributed by atoms with Crippen LogP contribution in [0.15, 0.2) is 12.3 Å². The fourth-order valence-corrected chi connectivity index (χ4v) is 1.95. The van der Waals surface area contributed by atoms with Gasteiger partial charge < -0.3 is 16.4 Å². The number of nitrogens with one attached hydrogen (secondary N) is 2. The van der Waals surface area contributed by atoms with E-state index in [1.54, 1.807) is 13.8 Å². The molecule has 1 aromatic heterocycles. The molecule has 0 radical (unpaired) electrons. The van der Waals surface area contributed by atoms with Crippen molar-refractivity contribution >= 4 is 29.2 Å². The van der Waals surface area contributed by atoms with Crippen molar-refractivity contribution in [2.24, 2.45) is 5.73 Å². The van der Waals surface area contributed by atoms with Crippen LogP contribution < -0.4 is 16.4 Å². The minimum atomic E-state index is -0.726. The number of halogens is 1. The second-order valence-corrected chi connectivity index (χ2v) is 5.47. The maximum Gasteiger partial charge on any atom is 0.253 e. The van der Waals surface area contributed by atoms with Crippen molar-refractivity contribution in [3.05, 3.63) is 22.8 Å². The molecule has 4 N–H and O–H groups in total. The summed E-state index contributed by atoms with van der Waals surface area (Å²) in [5.41, 5.74) is 4.74. The molecule has 110 valence electrons. The first-order chi connectivity index (χ1) is 9.25. The van der Waals surface area contributed by atoms with Crippen LogP contribution >= 0.6 is 11.6 Å². The molecule has 1 rings (SSSR count). The van der Waals surface area contributed by atoms with E-state index in [9.17, 15) is 9.59 Å². The minimum absolute atomic E-state index is 0.0510. The normalized spacial score (nSPS) is 11.0. The van der Waals surface area contributed by atoms with Crippen molar-refractivity contribution in [2.45, 2.75) is 32.7 Å². The molecular formula is C13H19ClN4O2. The van der Waals surface area contributed by atoms with Crippen molar-refractivity contribution in [3.8, 4) is 0 Å². The smallest absolute Gasteiger partial charge is 0.253 e. The van der Waals surface area contributed by atoms with Crippen molar-refractivity contribution in [2.75, 3.05) is 11.9 Å². The lowest BCUT2D eigenvalue weighted by atomic mass is 10.00. The van der Waals surface area contributed by atoms with E-state index in [2.05, 4.69) is 15.6 Å². The third-order valence-corrected chi connectivity index (χ3v) is 2.80. The van der Waals surface area contributed by atoms with E-state index >= 15 is 0 Å². The Bertz CT molecular complexity index is 517. The minimum Gasteiger partial charge on any atom is -0.370 e. The molecule has 20 heavy (non-hydrogen) atoms. The molecule has 1 heterocycles. The SMILES string of the molecule is CCNc1ncc(C(=O)NC(C)(C)CC(N)=O)cc1Cl. The Morgan fingerprint density at radius 2 is 2.10 bits per heavy atom. The van der Waals surface area contributed by atoms with Crippen LogP contribution in [0.4, 0.5) is 5.82 Å². The largest absolute Gasteiger partial charge is 0.370 e. The monoisotopic (exact) mass is 298 g/mol. The Labute approximate surface area is 123 Å². The summed E-state index contributed by atoms with van der Waals surface area (Å²) in [4.78, 5) is 27.1. The summed E-state index contributed by atoms with van der Waals surface area (Å²) in [5, 5.41) is 6.07. The van der Waals surface area contributed by atoms with Gasteiger partial charge >= 0.3 is 0 Å². The van der Waals surface area contributed by atoms with Gasteiger partial charge in [0.15, 0.2) is 0 Å². The molecule has 0 unspecified atom stereocenters. The number of anilines is 1. The second kappa shape index (κ2) is 6.56. The molecule has 7 heteroatoms. The summed E-state index contributed by atoms with van der Waals surface area (Å²) in [5.74, 6) is -0.301. The average Bonchev–Trinajstić information content (AvgIpc) is 2.29. The van der Waals surface area contributed by atoms with Gasteiger partial charge in [0.05, 0.1) is 10.6 Å². The molecule has 0 bridgehead atoms. The molecule has 1 aromatic rings. The van der Waals surface area contributed by atoms with Crippen molar-refractivity contribution in [1.82, 2.24) is 10.3 Å². The number of pyridine rings is 1. The van der Waals surface area contributed by atoms with Crippen LogP contribution in [-0.4, -0.2) is 28.9 Å². The number of aromatic nitrogens is 1. The van der Waals surface area contributed by atoms with Crippen molar-refractivity contribution < 1.29 is 9.59 Å². The first kappa shape index (κ1) is 16.2. The molecule has 0 fully saturated rings. The number of amides is 2. The third-order valence-electron chi connectivity index (χ3n) is 2.52. The lowest BCUT2D eigenvalue weighted by molar-refractivity contribution is -0.119.